The third-order valence-electron chi connectivity index (χ3n) is 1.48. The number of benzene rings is 1. The first-order chi connectivity index (χ1) is 6.04. The van der Waals surface area contributed by atoms with Crippen LogP contribution in [0.1, 0.15) is 11.1 Å². The molecular formula is C8H6ClF3O. The van der Waals surface area contributed by atoms with Crippen LogP contribution in [0.5, 0.6) is 0 Å². The Balaban J connectivity index is 2.92. The average molecular weight is 211 g/mol. The van der Waals surface area contributed by atoms with E-state index in [9.17, 15) is 13.2 Å². The van der Waals surface area contributed by atoms with E-state index in [1.807, 2.05) is 0 Å². The van der Waals surface area contributed by atoms with Crippen LogP contribution in [0.4, 0.5) is 13.2 Å². The van der Waals surface area contributed by atoms with Gasteiger partial charge in [-0.25, -0.2) is 0 Å². The SMILES string of the molecule is FC(F)(F)c1cccc(COCl)c1. The maximum Gasteiger partial charge on any atom is 0.416 e. The quantitative estimate of drug-likeness (QED) is 0.727. The summed E-state index contributed by atoms with van der Waals surface area (Å²) in [7, 11) is 0. The van der Waals surface area contributed by atoms with Gasteiger partial charge in [-0.05, 0) is 17.7 Å². The fourth-order valence-electron chi connectivity index (χ4n) is 0.900. The second-order valence-corrected chi connectivity index (χ2v) is 2.67. The summed E-state index contributed by atoms with van der Waals surface area (Å²) in [6, 6.07) is 4.83. The lowest BCUT2D eigenvalue weighted by molar-refractivity contribution is -0.137. The van der Waals surface area contributed by atoms with Gasteiger partial charge in [-0.3, -0.25) is 4.29 Å². The fraction of sp³-hybridized carbons (Fsp3) is 0.250. The molecule has 5 heteroatoms. The number of halogens is 4. The average Bonchev–Trinajstić information content (AvgIpc) is 2.04. The van der Waals surface area contributed by atoms with Gasteiger partial charge in [-0.15, -0.1) is 0 Å². The van der Waals surface area contributed by atoms with E-state index in [4.69, 9.17) is 11.9 Å². The summed E-state index contributed by atoms with van der Waals surface area (Å²) in [5.74, 6) is 0. The van der Waals surface area contributed by atoms with E-state index in [0.717, 1.165) is 12.1 Å². The van der Waals surface area contributed by atoms with Gasteiger partial charge >= 0.3 is 6.18 Å². The topological polar surface area (TPSA) is 9.23 Å². The molecule has 72 valence electrons. The highest BCUT2D eigenvalue weighted by molar-refractivity contribution is 6.07. The molecule has 0 spiro atoms. The summed E-state index contributed by atoms with van der Waals surface area (Å²) in [5, 5.41) is 0. The summed E-state index contributed by atoms with van der Waals surface area (Å²) in [5.41, 5.74) is -0.302. The van der Waals surface area contributed by atoms with E-state index in [2.05, 4.69) is 4.29 Å². The van der Waals surface area contributed by atoms with Crippen molar-refractivity contribution in [3.8, 4) is 0 Å². The predicted molar refractivity (Wildman–Crippen MR) is 42.1 cm³/mol. The number of alkyl halides is 3. The monoisotopic (exact) mass is 210 g/mol. The van der Waals surface area contributed by atoms with Crippen molar-refractivity contribution in [2.75, 3.05) is 0 Å². The molecule has 0 aliphatic heterocycles. The normalized spacial score (nSPS) is 11.7. The van der Waals surface area contributed by atoms with Crippen molar-refractivity contribution in [2.45, 2.75) is 12.8 Å². The van der Waals surface area contributed by atoms with Crippen molar-refractivity contribution >= 4 is 11.9 Å². The summed E-state index contributed by atoms with van der Waals surface area (Å²) < 4.78 is 40.6. The Bertz CT molecular complexity index is 285. The highest BCUT2D eigenvalue weighted by Crippen LogP contribution is 2.29. The van der Waals surface area contributed by atoms with Crippen LogP contribution in [-0.4, -0.2) is 0 Å². The molecule has 1 aromatic carbocycles. The lowest BCUT2D eigenvalue weighted by Gasteiger charge is -2.07. The van der Waals surface area contributed by atoms with Crippen LogP contribution in [0.3, 0.4) is 0 Å². The molecule has 13 heavy (non-hydrogen) atoms. The van der Waals surface area contributed by atoms with Crippen LogP contribution in [0.15, 0.2) is 24.3 Å². The number of rotatable bonds is 2. The lowest BCUT2D eigenvalue weighted by Crippen LogP contribution is -2.05. The lowest BCUT2D eigenvalue weighted by atomic mass is 10.1. The molecule has 0 saturated carbocycles. The molecule has 0 aliphatic carbocycles. The third-order valence-corrected chi connectivity index (χ3v) is 1.58. The Kier molecular flexibility index (Phi) is 3.17. The zero-order valence-electron chi connectivity index (χ0n) is 6.44. The van der Waals surface area contributed by atoms with Crippen LogP contribution in [-0.2, 0) is 17.1 Å². The van der Waals surface area contributed by atoms with E-state index < -0.39 is 11.7 Å². The zero-order chi connectivity index (χ0) is 9.90. The largest absolute Gasteiger partial charge is 0.416 e. The van der Waals surface area contributed by atoms with Gasteiger partial charge < -0.3 is 0 Å². The van der Waals surface area contributed by atoms with E-state index in [-0.39, 0.29) is 6.61 Å². The molecule has 0 bridgehead atoms. The third kappa shape index (κ3) is 2.90. The van der Waals surface area contributed by atoms with Gasteiger partial charge in [0, 0.05) is 0 Å². The smallest absolute Gasteiger partial charge is 0.274 e. The van der Waals surface area contributed by atoms with Crippen molar-refractivity contribution < 1.29 is 17.5 Å². The molecular weight excluding hydrogens is 205 g/mol. The standard InChI is InChI=1S/C8H6ClF3O/c9-13-5-6-2-1-3-7(4-6)8(10,11)12/h1-4H,5H2. The molecule has 0 aliphatic rings. The minimum Gasteiger partial charge on any atom is -0.274 e. The number of hydrogen-bond acceptors (Lipinski definition) is 1. The first-order valence-electron chi connectivity index (χ1n) is 3.43. The minimum atomic E-state index is -4.32. The van der Waals surface area contributed by atoms with Gasteiger partial charge in [0.05, 0.1) is 24.0 Å². The molecule has 1 rings (SSSR count). The van der Waals surface area contributed by atoms with Crippen molar-refractivity contribution in [3.05, 3.63) is 35.4 Å². The Hall–Kier alpha value is -0.740. The molecule has 0 saturated heterocycles. The Morgan fingerprint density at radius 2 is 2.00 bits per heavy atom. The van der Waals surface area contributed by atoms with Crippen LogP contribution < -0.4 is 0 Å². The molecule has 1 nitrogen and oxygen atoms in total. The molecule has 0 aromatic heterocycles. The summed E-state index contributed by atoms with van der Waals surface area (Å²) >= 11 is 4.92. The van der Waals surface area contributed by atoms with Gasteiger partial charge in [0.15, 0.2) is 0 Å². The highest BCUT2D eigenvalue weighted by Gasteiger charge is 2.30. The molecule has 1 aromatic rings. The second-order valence-electron chi connectivity index (χ2n) is 2.45. The maximum absolute atomic E-state index is 12.1. The van der Waals surface area contributed by atoms with Crippen LogP contribution in [0.25, 0.3) is 0 Å². The molecule has 0 atom stereocenters. The van der Waals surface area contributed by atoms with E-state index in [1.54, 1.807) is 0 Å². The van der Waals surface area contributed by atoms with Crippen molar-refractivity contribution in [1.82, 2.24) is 0 Å². The van der Waals surface area contributed by atoms with Gasteiger partial charge in [0.1, 0.15) is 0 Å². The predicted octanol–water partition coefficient (Wildman–Crippen LogP) is 3.38. The molecule has 0 N–H and O–H groups in total. The molecule has 0 amide bonds. The van der Waals surface area contributed by atoms with E-state index >= 15 is 0 Å². The highest BCUT2D eigenvalue weighted by atomic mass is 35.5. The Morgan fingerprint density at radius 1 is 1.31 bits per heavy atom. The van der Waals surface area contributed by atoms with E-state index in [0.29, 0.717) is 5.56 Å². The van der Waals surface area contributed by atoms with Crippen molar-refractivity contribution in [1.29, 1.82) is 0 Å². The molecule has 0 heterocycles. The second kappa shape index (κ2) is 3.98. The Morgan fingerprint density at radius 3 is 2.54 bits per heavy atom. The first kappa shape index (κ1) is 10.3. The van der Waals surface area contributed by atoms with E-state index in [1.165, 1.54) is 12.1 Å². The summed E-state index contributed by atoms with van der Waals surface area (Å²) in [4.78, 5) is 0. The zero-order valence-corrected chi connectivity index (χ0v) is 7.19. The van der Waals surface area contributed by atoms with Crippen molar-refractivity contribution in [2.24, 2.45) is 0 Å². The van der Waals surface area contributed by atoms with Gasteiger partial charge in [-0.2, -0.15) is 13.2 Å². The number of hydrogen-bond donors (Lipinski definition) is 0. The summed E-state index contributed by atoms with van der Waals surface area (Å²) in [6.45, 7) is -0.0362. The van der Waals surface area contributed by atoms with Gasteiger partial charge in [0.2, 0.25) is 0 Å². The van der Waals surface area contributed by atoms with Gasteiger partial charge in [0.25, 0.3) is 0 Å². The Labute approximate surface area is 78.2 Å². The van der Waals surface area contributed by atoms with Crippen LogP contribution >= 0.6 is 11.9 Å². The maximum atomic E-state index is 12.1. The first-order valence-corrected chi connectivity index (χ1v) is 3.74. The fourth-order valence-corrected chi connectivity index (χ4v) is 1.03. The van der Waals surface area contributed by atoms with Crippen molar-refractivity contribution in [3.63, 3.8) is 0 Å². The summed E-state index contributed by atoms with van der Waals surface area (Å²) in [6.07, 6.45) is -4.32. The minimum absolute atomic E-state index is 0.0362. The van der Waals surface area contributed by atoms with Crippen LogP contribution in [0, 0.1) is 0 Å². The molecule has 0 unspecified atom stereocenters. The van der Waals surface area contributed by atoms with Crippen LogP contribution in [0.2, 0.25) is 0 Å². The van der Waals surface area contributed by atoms with Gasteiger partial charge in [-0.1, -0.05) is 12.1 Å². The molecule has 0 fully saturated rings. The molecule has 0 radical (unpaired) electrons.